The SMILES string of the molecule is CC(C)CCCCCCCCCCCCCCCC=CCCC(Br)=CCCCC(=O)O. The number of carboxylic acid groups (broad SMARTS) is 1. The van der Waals surface area contributed by atoms with E-state index in [4.69, 9.17) is 5.11 Å². The second kappa shape index (κ2) is 24.1. The molecule has 0 fully saturated rings. The van der Waals surface area contributed by atoms with E-state index >= 15 is 0 Å². The largest absolute Gasteiger partial charge is 0.481 e. The molecule has 0 heterocycles. The van der Waals surface area contributed by atoms with Crippen LogP contribution >= 0.6 is 15.9 Å². The third-order valence-corrected chi connectivity index (χ3v) is 6.55. The minimum atomic E-state index is -0.707. The first kappa shape index (κ1) is 30.4. The van der Waals surface area contributed by atoms with Gasteiger partial charge >= 0.3 is 5.97 Å². The monoisotopic (exact) mass is 498 g/mol. The van der Waals surface area contributed by atoms with Crippen LogP contribution < -0.4 is 0 Å². The zero-order valence-corrected chi connectivity index (χ0v) is 22.3. The van der Waals surface area contributed by atoms with E-state index in [1.54, 1.807) is 0 Å². The highest BCUT2D eigenvalue weighted by Gasteiger charge is 1.97. The molecule has 3 heteroatoms. The Hall–Kier alpha value is -0.570. The van der Waals surface area contributed by atoms with Crippen molar-refractivity contribution < 1.29 is 9.90 Å². The van der Waals surface area contributed by atoms with Crippen molar-refractivity contribution in [3.05, 3.63) is 22.7 Å². The fourth-order valence-electron chi connectivity index (χ4n) is 3.83. The summed E-state index contributed by atoms with van der Waals surface area (Å²) in [4.78, 5) is 10.5. The molecular formula is C28H51BrO2. The van der Waals surface area contributed by atoms with E-state index in [1.807, 2.05) is 0 Å². The predicted octanol–water partition coefficient (Wildman–Crippen LogP) is 10.4. The summed E-state index contributed by atoms with van der Waals surface area (Å²) in [6.07, 6.45) is 31.7. The van der Waals surface area contributed by atoms with E-state index < -0.39 is 5.97 Å². The van der Waals surface area contributed by atoms with Gasteiger partial charge in [0.1, 0.15) is 0 Å². The summed E-state index contributed by atoms with van der Waals surface area (Å²) in [5.74, 6) is 0.169. The molecule has 0 unspecified atom stereocenters. The molecule has 0 amide bonds. The number of rotatable bonds is 23. The Morgan fingerprint density at radius 1 is 0.677 bits per heavy atom. The molecule has 2 nitrogen and oxygen atoms in total. The van der Waals surface area contributed by atoms with Crippen LogP contribution in [0.15, 0.2) is 22.7 Å². The first-order valence-electron chi connectivity index (χ1n) is 13.2. The Morgan fingerprint density at radius 3 is 1.68 bits per heavy atom. The minimum Gasteiger partial charge on any atom is -0.481 e. The summed E-state index contributed by atoms with van der Waals surface area (Å²) in [7, 11) is 0. The second-order valence-electron chi connectivity index (χ2n) is 9.51. The summed E-state index contributed by atoms with van der Waals surface area (Å²) < 4.78 is 1.20. The number of unbranched alkanes of at least 4 members (excludes halogenated alkanes) is 14. The van der Waals surface area contributed by atoms with E-state index in [0.717, 1.165) is 31.6 Å². The van der Waals surface area contributed by atoms with Crippen LogP contribution in [0.3, 0.4) is 0 Å². The van der Waals surface area contributed by atoms with Gasteiger partial charge in [-0.15, -0.1) is 0 Å². The zero-order chi connectivity index (χ0) is 23.0. The Labute approximate surface area is 202 Å². The van der Waals surface area contributed by atoms with E-state index in [-0.39, 0.29) is 6.42 Å². The summed E-state index contributed by atoms with van der Waals surface area (Å²) in [6.45, 7) is 4.66. The van der Waals surface area contributed by atoms with Crippen molar-refractivity contribution in [1.82, 2.24) is 0 Å². The first-order valence-corrected chi connectivity index (χ1v) is 14.0. The number of hydrogen-bond acceptors (Lipinski definition) is 1. The smallest absolute Gasteiger partial charge is 0.303 e. The van der Waals surface area contributed by atoms with E-state index in [9.17, 15) is 4.79 Å². The van der Waals surface area contributed by atoms with Gasteiger partial charge in [-0.3, -0.25) is 4.79 Å². The number of aliphatic carboxylic acids is 1. The van der Waals surface area contributed by atoms with Crippen LogP contribution in [0.25, 0.3) is 0 Å². The lowest BCUT2D eigenvalue weighted by Gasteiger charge is -2.04. The number of allylic oxidation sites excluding steroid dienone is 4. The average Bonchev–Trinajstić information content (AvgIpc) is 2.72. The molecular weight excluding hydrogens is 448 g/mol. The van der Waals surface area contributed by atoms with Crippen molar-refractivity contribution in [1.29, 1.82) is 0 Å². The minimum absolute atomic E-state index is 0.259. The molecule has 0 aromatic rings. The topological polar surface area (TPSA) is 37.3 Å². The highest BCUT2D eigenvalue weighted by Crippen LogP contribution is 2.16. The molecule has 182 valence electrons. The molecule has 0 atom stereocenters. The van der Waals surface area contributed by atoms with Crippen LogP contribution in [-0.4, -0.2) is 11.1 Å². The lowest BCUT2D eigenvalue weighted by atomic mass is 10.0. The summed E-state index contributed by atoms with van der Waals surface area (Å²) in [6, 6.07) is 0. The third kappa shape index (κ3) is 27.4. The van der Waals surface area contributed by atoms with Gasteiger partial charge in [0.05, 0.1) is 0 Å². The Balaban J connectivity index is 3.25. The number of carbonyl (C=O) groups is 1. The normalized spacial score (nSPS) is 12.3. The van der Waals surface area contributed by atoms with Crippen molar-refractivity contribution >= 4 is 21.9 Å². The molecule has 0 aliphatic heterocycles. The lowest BCUT2D eigenvalue weighted by molar-refractivity contribution is -0.137. The molecule has 0 radical (unpaired) electrons. The van der Waals surface area contributed by atoms with Crippen LogP contribution in [0, 0.1) is 5.92 Å². The summed E-state index contributed by atoms with van der Waals surface area (Å²) >= 11 is 3.58. The van der Waals surface area contributed by atoms with Crippen LogP contribution in [0.1, 0.15) is 142 Å². The van der Waals surface area contributed by atoms with Gasteiger partial charge in [0.25, 0.3) is 0 Å². The molecule has 0 spiro atoms. The van der Waals surface area contributed by atoms with Crippen molar-refractivity contribution in [3.63, 3.8) is 0 Å². The quantitative estimate of drug-likeness (QED) is 0.112. The number of hydrogen-bond donors (Lipinski definition) is 1. The van der Waals surface area contributed by atoms with E-state index in [1.165, 1.54) is 101 Å². The maximum atomic E-state index is 10.5. The zero-order valence-electron chi connectivity index (χ0n) is 20.7. The average molecular weight is 500 g/mol. The molecule has 0 aromatic heterocycles. The molecule has 0 bridgehead atoms. The molecule has 31 heavy (non-hydrogen) atoms. The van der Waals surface area contributed by atoms with Crippen LogP contribution in [-0.2, 0) is 4.79 Å². The predicted molar refractivity (Wildman–Crippen MR) is 141 cm³/mol. The maximum Gasteiger partial charge on any atom is 0.303 e. The fraction of sp³-hybridized carbons (Fsp3) is 0.821. The molecule has 1 N–H and O–H groups in total. The van der Waals surface area contributed by atoms with Crippen LogP contribution in [0.5, 0.6) is 0 Å². The highest BCUT2D eigenvalue weighted by molar-refractivity contribution is 9.11. The standard InChI is InChI=1S/C28H51BrO2/c1-26(2)22-18-16-14-12-10-8-6-4-3-5-7-9-11-13-15-17-19-23-27(29)24-20-21-25-28(30)31/h15,17,24,26H,3-14,16,18-23,25H2,1-2H3,(H,30,31). The van der Waals surface area contributed by atoms with Gasteiger partial charge in [-0.05, 0) is 48.9 Å². The Bertz CT molecular complexity index is 454. The number of carboxylic acids is 1. The molecule has 0 saturated carbocycles. The van der Waals surface area contributed by atoms with Crippen molar-refractivity contribution in [2.75, 3.05) is 0 Å². The fourth-order valence-corrected chi connectivity index (χ4v) is 4.29. The summed E-state index contributed by atoms with van der Waals surface area (Å²) in [5, 5.41) is 8.62. The lowest BCUT2D eigenvalue weighted by Crippen LogP contribution is -1.92. The van der Waals surface area contributed by atoms with Crippen molar-refractivity contribution in [3.8, 4) is 0 Å². The number of halogens is 1. The van der Waals surface area contributed by atoms with Gasteiger partial charge in [-0.2, -0.15) is 0 Å². The molecule has 0 aliphatic carbocycles. The molecule has 0 aromatic carbocycles. The maximum absolute atomic E-state index is 10.5. The molecule has 0 aliphatic rings. The third-order valence-electron chi connectivity index (χ3n) is 5.83. The first-order chi connectivity index (χ1) is 15.0. The van der Waals surface area contributed by atoms with Gasteiger partial charge in [-0.25, -0.2) is 0 Å². The van der Waals surface area contributed by atoms with Crippen molar-refractivity contribution in [2.45, 2.75) is 142 Å². The van der Waals surface area contributed by atoms with Gasteiger partial charge in [-0.1, -0.05) is 131 Å². The summed E-state index contributed by atoms with van der Waals surface area (Å²) in [5.41, 5.74) is 0. The van der Waals surface area contributed by atoms with Gasteiger partial charge in [0.2, 0.25) is 0 Å². The Morgan fingerprint density at radius 2 is 1.16 bits per heavy atom. The highest BCUT2D eigenvalue weighted by atomic mass is 79.9. The second-order valence-corrected chi connectivity index (χ2v) is 10.5. The molecule has 0 rings (SSSR count). The van der Waals surface area contributed by atoms with Crippen LogP contribution in [0.4, 0.5) is 0 Å². The van der Waals surface area contributed by atoms with E-state index in [2.05, 4.69) is 48.0 Å². The van der Waals surface area contributed by atoms with E-state index in [0.29, 0.717) is 0 Å². The van der Waals surface area contributed by atoms with Crippen molar-refractivity contribution in [2.24, 2.45) is 5.92 Å². The van der Waals surface area contributed by atoms with Gasteiger partial charge < -0.3 is 5.11 Å². The Kier molecular flexibility index (Phi) is 23.6. The van der Waals surface area contributed by atoms with Gasteiger partial charge in [0.15, 0.2) is 0 Å². The van der Waals surface area contributed by atoms with Crippen LogP contribution in [0.2, 0.25) is 0 Å². The molecule has 0 saturated heterocycles. The van der Waals surface area contributed by atoms with Gasteiger partial charge in [0, 0.05) is 6.42 Å².